The topological polar surface area (TPSA) is 64.3 Å². The van der Waals surface area contributed by atoms with E-state index in [0.717, 1.165) is 0 Å². The fourth-order valence-corrected chi connectivity index (χ4v) is 1.76. The van der Waals surface area contributed by atoms with E-state index in [2.05, 4.69) is 0 Å². The molecule has 0 saturated heterocycles. The number of furan rings is 1. The number of hydrogen-bond donors (Lipinski definition) is 0. The summed E-state index contributed by atoms with van der Waals surface area (Å²) in [5.74, 6) is -2.11. The summed E-state index contributed by atoms with van der Waals surface area (Å²) < 4.78 is 4.89. The molecule has 78 valence electrons. The summed E-state index contributed by atoms with van der Waals surface area (Å²) in [6, 6.07) is 3.03. The molecule has 0 aliphatic heterocycles. The SMILES string of the molecule is O=C1CCCC(=O)C1C(=O)c1ccco1. The molecule has 0 radical (unpaired) electrons. The zero-order valence-corrected chi connectivity index (χ0v) is 8.06. The van der Waals surface area contributed by atoms with Crippen molar-refractivity contribution in [3.8, 4) is 0 Å². The van der Waals surface area contributed by atoms with Crippen LogP contribution in [0, 0.1) is 5.92 Å². The molecule has 1 fully saturated rings. The number of Topliss-reactive ketones (excluding diaryl/α,β-unsaturated/α-hetero) is 3. The summed E-state index contributed by atoms with van der Waals surface area (Å²) >= 11 is 0. The van der Waals surface area contributed by atoms with Gasteiger partial charge in [0.2, 0.25) is 5.78 Å². The Bertz CT molecular complexity index is 386. The largest absolute Gasteiger partial charge is 0.461 e. The maximum absolute atomic E-state index is 11.7. The molecule has 1 heterocycles. The molecule has 1 aromatic rings. The maximum atomic E-state index is 11.7. The molecule has 2 rings (SSSR count). The first kappa shape index (κ1) is 9.83. The normalized spacial score (nSPS) is 18.1. The Kier molecular flexibility index (Phi) is 2.49. The van der Waals surface area contributed by atoms with Crippen LogP contribution in [0.2, 0.25) is 0 Å². The van der Waals surface area contributed by atoms with Crippen molar-refractivity contribution in [3.63, 3.8) is 0 Å². The molecule has 0 bridgehead atoms. The first-order valence-electron chi connectivity index (χ1n) is 4.83. The van der Waals surface area contributed by atoms with Crippen LogP contribution in [0.15, 0.2) is 22.8 Å². The highest BCUT2D eigenvalue weighted by molar-refractivity contribution is 6.24. The molecular formula is C11H10O4. The second-order valence-electron chi connectivity index (χ2n) is 3.56. The fourth-order valence-electron chi connectivity index (χ4n) is 1.76. The Morgan fingerprint density at radius 2 is 1.93 bits per heavy atom. The number of rotatable bonds is 2. The summed E-state index contributed by atoms with van der Waals surface area (Å²) in [5, 5.41) is 0. The Morgan fingerprint density at radius 3 is 2.47 bits per heavy atom. The molecule has 1 aliphatic carbocycles. The van der Waals surface area contributed by atoms with Crippen LogP contribution in [0.5, 0.6) is 0 Å². The summed E-state index contributed by atoms with van der Waals surface area (Å²) in [7, 11) is 0. The Labute approximate surface area is 86.3 Å². The standard InChI is InChI=1S/C11H10O4/c12-7-3-1-4-8(13)10(7)11(14)9-5-2-6-15-9/h2,5-6,10H,1,3-4H2. The predicted octanol–water partition coefficient (Wildman–Crippen LogP) is 1.40. The number of carbonyl (C=O) groups excluding carboxylic acids is 3. The van der Waals surface area contributed by atoms with E-state index < -0.39 is 11.7 Å². The predicted molar refractivity (Wildman–Crippen MR) is 50.4 cm³/mol. The van der Waals surface area contributed by atoms with Crippen molar-refractivity contribution in [1.82, 2.24) is 0 Å². The van der Waals surface area contributed by atoms with Gasteiger partial charge in [0.05, 0.1) is 6.26 Å². The van der Waals surface area contributed by atoms with Gasteiger partial charge >= 0.3 is 0 Å². The van der Waals surface area contributed by atoms with E-state index in [1.165, 1.54) is 12.3 Å². The van der Waals surface area contributed by atoms with Gasteiger partial charge in [-0.1, -0.05) is 0 Å². The molecule has 0 unspecified atom stereocenters. The number of ketones is 3. The molecule has 0 aromatic carbocycles. The van der Waals surface area contributed by atoms with E-state index in [1.807, 2.05) is 0 Å². The minimum Gasteiger partial charge on any atom is -0.461 e. The minimum atomic E-state index is -1.12. The van der Waals surface area contributed by atoms with Gasteiger partial charge in [-0.15, -0.1) is 0 Å². The highest BCUT2D eigenvalue weighted by Gasteiger charge is 2.37. The molecule has 1 aromatic heterocycles. The van der Waals surface area contributed by atoms with Crippen molar-refractivity contribution in [2.45, 2.75) is 19.3 Å². The average molecular weight is 206 g/mol. The van der Waals surface area contributed by atoms with Gasteiger partial charge in [0.25, 0.3) is 0 Å². The van der Waals surface area contributed by atoms with Crippen LogP contribution in [0.25, 0.3) is 0 Å². The summed E-state index contributed by atoms with van der Waals surface area (Å²) in [5.41, 5.74) is 0. The molecule has 0 spiro atoms. The quantitative estimate of drug-likeness (QED) is 0.542. The van der Waals surface area contributed by atoms with E-state index in [1.54, 1.807) is 6.07 Å². The number of carbonyl (C=O) groups is 3. The van der Waals surface area contributed by atoms with Gasteiger partial charge in [0.1, 0.15) is 5.92 Å². The average Bonchev–Trinajstić information content (AvgIpc) is 2.69. The lowest BCUT2D eigenvalue weighted by Gasteiger charge is -2.16. The molecule has 1 aliphatic rings. The van der Waals surface area contributed by atoms with Crippen molar-refractivity contribution >= 4 is 17.3 Å². The maximum Gasteiger partial charge on any atom is 0.215 e. The highest BCUT2D eigenvalue weighted by Crippen LogP contribution is 2.21. The third-order valence-electron chi connectivity index (χ3n) is 2.52. The van der Waals surface area contributed by atoms with Crippen molar-refractivity contribution in [2.24, 2.45) is 5.92 Å². The Balaban J connectivity index is 2.25. The zero-order valence-electron chi connectivity index (χ0n) is 8.06. The van der Waals surface area contributed by atoms with Crippen LogP contribution < -0.4 is 0 Å². The molecule has 4 heteroatoms. The van der Waals surface area contributed by atoms with Crippen molar-refractivity contribution in [2.75, 3.05) is 0 Å². The lowest BCUT2D eigenvalue weighted by Crippen LogP contribution is -2.35. The van der Waals surface area contributed by atoms with E-state index in [-0.39, 0.29) is 17.3 Å². The Hall–Kier alpha value is -1.71. The van der Waals surface area contributed by atoms with Crippen molar-refractivity contribution in [3.05, 3.63) is 24.2 Å². The summed E-state index contributed by atoms with van der Waals surface area (Å²) in [4.78, 5) is 34.7. The molecule has 1 saturated carbocycles. The molecular weight excluding hydrogens is 196 g/mol. The van der Waals surface area contributed by atoms with Gasteiger partial charge in [-0.05, 0) is 18.6 Å². The van der Waals surface area contributed by atoms with Crippen LogP contribution in [-0.2, 0) is 9.59 Å². The fraction of sp³-hybridized carbons (Fsp3) is 0.364. The highest BCUT2D eigenvalue weighted by atomic mass is 16.3. The van der Waals surface area contributed by atoms with E-state index >= 15 is 0 Å². The van der Waals surface area contributed by atoms with Gasteiger partial charge < -0.3 is 4.42 Å². The lowest BCUT2D eigenvalue weighted by atomic mass is 9.83. The molecule has 0 N–H and O–H groups in total. The third-order valence-corrected chi connectivity index (χ3v) is 2.52. The molecule has 15 heavy (non-hydrogen) atoms. The summed E-state index contributed by atoms with van der Waals surface area (Å²) in [6.07, 6.45) is 2.52. The minimum absolute atomic E-state index is 0.0867. The van der Waals surface area contributed by atoms with Gasteiger partial charge in [0, 0.05) is 12.8 Å². The van der Waals surface area contributed by atoms with Crippen LogP contribution in [0.3, 0.4) is 0 Å². The van der Waals surface area contributed by atoms with Crippen LogP contribution >= 0.6 is 0 Å². The smallest absolute Gasteiger partial charge is 0.215 e. The van der Waals surface area contributed by atoms with Gasteiger partial charge in [-0.2, -0.15) is 0 Å². The zero-order chi connectivity index (χ0) is 10.8. The van der Waals surface area contributed by atoms with E-state index in [4.69, 9.17) is 4.42 Å². The Morgan fingerprint density at radius 1 is 1.27 bits per heavy atom. The van der Waals surface area contributed by atoms with E-state index in [0.29, 0.717) is 19.3 Å². The van der Waals surface area contributed by atoms with E-state index in [9.17, 15) is 14.4 Å². The van der Waals surface area contributed by atoms with Crippen LogP contribution in [0.1, 0.15) is 29.8 Å². The monoisotopic (exact) mass is 206 g/mol. The lowest BCUT2D eigenvalue weighted by molar-refractivity contribution is -0.133. The first-order valence-corrected chi connectivity index (χ1v) is 4.83. The number of hydrogen-bond acceptors (Lipinski definition) is 4. The third kappa shape index (κ3) is 1.75. The van der Waals surface area contributed by atoms with Crippen LogP contribution in [0.4, 0.5) is 0 Å². The molecule has 4 nitrogen and oxygen atoms in total. The van der Waals surface area contributed by atoms with Gasteiger partial charge in [-0.25, -0.2) is 0 Å². The second-order valence-corrected chi connectivity index (χ2v) is 3.56. The second kappa shape index (κ2) is 3.81. The summed E-state index contributed by atoms with van der Waals surface area (Å²) in [6.45, 7) is 0. The van der Waals surface area contributed by atoms with Gasteiger partial charge in [-0.3, -0.25) is 14.4 Å². The van der Waals surface area contributed by atoms with Crippen molar-refractivity contribution in [1.29, 1.82) is 0 Å². The molecule has 0 atom stereocenters. The van der Waals surface area contributed by atoms with Gasteiger partial charge in [0.15, 0.2) is 17.3 Å². The van der Waals surface area contributed by atoms with Crippen LogP contribution in [-0.4, -0.2) is 17.3 Å². The van der Waals surface area contributed by atoms with Crippen molar-refractivity contribution < 1.29 is 18.8 Å². The molecule has 0 amide bonds. The first-order chi connectivity index (χ1) is 7.20.